The number of allylic oxidation sites excluding steroid dienone is 1. The van der Waals surface area contributed by atoms with Crippen molar-refractivity contribution >= 4 is 0 Å². The quantitative estimate of drug-likeness (QED) is 0.161. The molecule has 8 fully saturated rings. The largest absolute Gasteiger partial charge is 0.394 e. The van der Waals surface area contributed by atoms with Crippen LogP contribution in [0.15, 0.2) is 11.6 Å². The Hall–Kier alpha value is -0.900. The lowest BCUT2D eigenvalue weighted by atomic mass is 9.47. The molecule has 0 radical (unpaired) electrons. The third kappa shape index (κ3) is 7.42. The molecule has 0 bridgehead atoms. The molecule has 5 saturated heterocycles. The lowest BCUT2D eigenvalue weighted by molar-refractivity contribution is -0.388. The minimum Gasteiger partial charge on any atom is -0.394 e. The van der Waals surface area contributed by atoms with Crippen molar-refractivity contribution in [1.29, 1.82) is 0 Å². The normalized spacial score (nSPS) is 58.4. The smallest absolute Gasteiger partial charge is 0.187 e. The van der Waals surface area contributed by atoms with Gasteiger partial charge in [0.2, 0.25) is 0 Å². The van der Waals surface area contributed by atoms with Crippen LogP contribution < -0.4 is 5.32 Å². The number of nitrogens with one attached hydrogen (secondary N) is 1. The minimum absolute atomic E-state index is 0.00472. The average molecular weight is 868 g/mol. The predicted octanol–water partition coefficient (Wildman–Crippen LogP) is 0.815. The molecule has 348 valence electrons. The molecule has 61 heavy (non-hydrogen) atoms. The van der Waals surface area contributed by atoms with Crippen LogP contribution in [0.3, 0.4) is 0 Å². The zero-order valence-electron chi connectivity index (χ0n) is 36.6. The van der Waals surface area contributed by atoms with Crippen LogP contribution in [0, 0.1) is 46.3 Å². The molecule has 3 saturated carbocycles. The fourth-order valence-electron chi connectivity index (χ4n) is 14.2. The highest BCUT2D eigenvalue weighted by atomic mass is 16.8. The van der Waals surface area contributed by atoms with Gasteiger partial charge in [0, 0.05) is 12.5 Å². The van der Waals surface area contributed by atoms with Gasteiger partial charge in [-0.1, -0.05) is 39.3 Å². The number of hydrogen-bond donors (Lipinski definition) is 9. The Kier molecular flexibility index (Phi) is 12.4. The van der Waals surface area contributed by atoms with Crippen LogP contribution in [0.2, 0.25) is 0 Å². The molecule has 0 aromatic carbocycles. The molecule has 0 aromatic heterocycles. The van der Waals surface area contributed by atoms with E-state index in [0.29, 0.717) is 54.5 Å². The van der Waals surface area contributed by atoms with E-state index in [1.165, 1.54) is 38.7 Å². The van der Waals surface area contributed by atoms with Crippen molar-refractivity contribution in [3.63, 3.8) is 0 Å². The van der Waals surface area contributed by atoms with Crippen LogP contribution in [-0.4, -0.2) is 164 Å². The second-order valence-electron chi connectivity index (χ2n) is 21.2. The third-order valence-electron chi connectivity index (χ3n) is 17.9. The maximum absolute atomic E-state index is 12.0. The first-order chi connectivity index (χ1) is 28.9. The van der Waals surface area contributed by atoms with Crippen LogP contribution in [-0.2, 0) is 33.2 Å². The number of hydrogen-bond acceptors (Lipinski definition) is 16. The number of rotatable bonds is 7. The van der Waals surface area contributed by atoms with Gasteiger partial charge in [-0.3, -0.25) is 5.32 Å². The van der Waals surface area contributed by atoms with Crippen molar-refractivity contribution in [3.05, 3.63) is 11.6 Å². The minimum atomic E-state index is -1.70. The van der Waals surface area contributed by atoms with E-state index in [1.807, 2.05) is 0 Å². The number of piperidine rings is 1. The summed E-state index contributed by atoms with van der Waals surface area (Å²) in [5.74, 6) is 3.43. The van der Waals surface area contributed by atoms with Crippen molar-refractivity contribution in [2.45, 2.75) is 209 Å². The van der Waals surface area contributed by atoms with E-state index in [-0.39, 0.29) is 22.7 Å². The first-order valence-corrected chi connectivity index (χ1v) is 23.3. The third-order valence-corrected chi connectivity index (χ3v) is 17.9. The van der Waals surface area contributed by atoms with Gasteiger partial charge in [-0.25, -0.2) is 0 Å². The lowest BCUT2D eigenvalue weighted by Crippen LogP contribution is -2.66. The Morgan fingerprint density at radius 3 is 1.98 bits per heavy atom. The van der Waals surface area contributed by atoms with Gasteiger partial charge in [-0.15, -0.1) is 0 Å². The summed E-state index contributed by atoms with van der Waals surface area (Å²) < 4.78 is 43.7. The van der Waals surface area contributed by atoms with Gasteiger partial charge in [-0.05, 0) is 112 Å². The van der Waals surface area contributed by atoms with Crippen LogP contribution >= 0.6 is 0 Å². The predicted molar refractivity (Wildman–Crippen MR) is 215 cm³/mol. The highest BCUT2D eigenvalue weighted by Crippen LogP contribution is 2.70. The van der Waals surface area contributed by atoms with Crippen molar-refractivity contribution in [1.82, 2.24) is 5.32 Å². The van der Waals surface area contributed by atoms with E-state index >= 15 is 0 Å². The molecule has 9 N–H and O–H groups in total. The molecular weight excluding hydrogens is 794 g/mol. The molecule has 1 spiro atoms. The van der Waals surface area contributed by atoms with Gasteiger partial charge < -0.3 is 74.0 Å². The van der Waals surface area contributed by atoms with Crippen LogP contribution in [0.1, 0.15) is 99.3 Å². The summed E-state index contributed by atoms with van der Waals surface area (Å²) in [5, 5.41) is 89.8. The first kappa shape index (κ1) is 45.3. The van der Waals surface area contributed by atoms with Crippen LogP contribution in [0.25, 0.3) is 0 Å². The number of aliphatic hydroxyl groups excluding tert-OH is 8. The molecule has 26 atom stereocenters. The molecule has 0 aromatic rings. The van der Waals surface area contributed by atoms with Crippen LogP contribution in [0.5, 0.6) is 0 Å². The molecule has 4 aliphatic carbocycles. The fourth-order valence-corrected chi connectivity index (χ4v) is 14.2. The Morgan fingerprint density at radius 1 is 0.705 bits per heavy atom. The summed E-state index contributed by atoms with van der Waals surface area (Å²) in [6, 6.07) is 0. The first-order valence-electron chi connectivity index (χ1n) is 23.3. The van der Waals surface area contributed by atoms with Gasteiger partial charge in [0.25, 0.3) is 0 Å². The second-order valence-corrected chi connectivity index (χ2v) is 21.2. The average Bonchev–Trinajstić information content (AvgIpc) is 3.69. The van der Waals surface area contributed by atoms with E-state index in [4.69, 9.17) is 33.2 Å². The van der Waals surface area contributed by atoms with Crippen molar-refractivity contribution < 1.29 is 74.0 Å². The molecule has 16 nitrogen and oxygen atoms in total. The van der Waals surface area contributed by atoms with E-state index in [1.54, 1.807) is 0 Å². The maximum Gasteiger partial charge on any atom is 0.187 e. The highest BCUT2D eigenvalue weighted by molar-refractivity contribution is 5.26. The summed E-state index contributed by atoms with van der Waals surface area (Å²) >= 11 is 0. The monoisotopic (exact) mass is 867 g/mol. The molecule has 0 unspecified atom stereocenters. The maximum atomic E-state index is 12.0. The summed E-state index contributed by atoms with van der Waals surface area (Å²) in [6.45, 7) is 13.2. The van der Waals surface area contributed by atoms with Gasteiger partial charge in [-0.2, -0.15) is 0 Å². The molecule has 5 aliphatic heterocycles. The molecule has 5 heterocycles. The molecule has 0 amide bonds. The Bertz CT molecular complexity index is 1600. The van der Waals surface area contributed by atoms with E-state index in [9.17, 15) is 40.9 Å². The van der Waals surface area contributed by atoms with E-state index in [0.717, 1.165) is 32.2 Å². The van der Waals surface area contributed by atoms with Gasteiger partial charge in [0.05, 0.1) is 31.0 Å². The van der Waals surface area contributed by atoms with Crippen molar-refractivity contribution in [2.75, 3.05) is 13.2 Å². The fraction of sp³-hybridized carbons (Fsp3) is 0.956. The highest BCUT2D eigenvalue weighted by Gasteiger charge is 2.68. The van der Waals surface area contributed by atoms with Gasteiger partial charge >= 0.3 is 0 Å². The van der Waals surface area contributed by atoms with Gasteiger partial charge in [0.1, 0.15) is 66.8 Å². The standard InChI is InChI=1S/C45H73NO15/c1-19-9-14-45(46-17-19)20(2)30-28(61-45)16-27-25-8-7-23-15-24(10-12-43(23,5)26(25)11-13-44(27,30)6)57-42-39(60-41-36(53)34(51)32(49)22(4)56-41)37(54)38(29(18-47)58-42)59-40-35(52)33(50)31(48)21(3)55-40/h7,19-22,24-42,46-54H,8-18H2,1-6H3/t19-,20+,21+,22+,24+,25+,26+,27+,28+,29-,30+,31+,32+,33-,34-,35-,36-,37+,38-,39-,40+,41+,42-,43+,44+,45-/m1/s1. The molecule has 9 aliphatic rings. The Labute approximate surface area is 359 Å². The van der Waals surface area contributed by atoms with E-state index < -0.39 is 98.7 Å². The molecule has 16 heteroatoms. The Morgan fingerprint density at radius 2 is 1.36 bits per heavy atom. The number of aliphatic hydroxyl groups is 8. The number of ether oxygens (including phenoxy) is 7. The zero-order chi connectivity index (χ0) is 43.5. The summed E-state index contributed by atoms with van der Waals surface area (Å²) in [4.78, 5) is 0. The van der Waals surface area contributed by atoms with E-state index in [2.05, 4.69) is 39.1 Å². The van der Waals surface area contributed by atoms with Gasteiger partial charge in [0.15, 0.2) is 18.9 Å². The number of fused-ring (bicyclic) bond motifs is 7. The van der Waals surface area contributed by atoms with Crippen molar-refractivity contribution in [3.8, 4) is 0 Å². The lowest BCUT2D eigenvalue weighted by Gasteiger charge is -2.59. The Balaban J connectivity index is 0.916. The topological polar surface area (TPSA) is 238 Å². The summed E-state index contributed by atoms with van der Waals surface area (Å²) in [6.07, 6.45) is -9.93. The molecule has 9 rings (SSSR count). The summed E-state index contributed by atoms with van der Waals surface area (Å²) in [5.41, 5.74) is 1.41. The molecular formula is C45H73NO15. The SMILES string of the molecule is C[C@@H]1CC[C@@]2(NC1)O[C@H]1C[C@H]3[C@H]4CC=C5C[C@@H](O[C@@H]6O[C@H](CO)[C@@H](O[C@@H]7O[C@@H](C)[C@H](O)[C@@H](O)[C@H]7O)[C@H](O)[C@H]6O[C@@H]6O[C@@H](C)[C@H](O)[C@@H](O)[C@H]6O)CC[C@]5(C)[C@H]4CC[C@]3(C)[C@H]1[C@@H]2C. The second kappa shape index (κ2) is 16.8. The van der Waals surface area contributed by atoms with Crippen LogP contribution in [0.4, 0.5) is 0 Å². The summed E-state index contributed by atoms with van der Waals surface area (Å²) in [7, 11) is 0. The van der Waals surface area contributed by atoms with Crippen molar-refractivity contribution in [2.24, 2.45) is 46.3 Å². The zero-order valence-corrected chi connectivity index (χ0v) is 36.6.